The molecule has 0 saturated heterocycles. The zero-order chi connectivity index (χ0) is 13.0. The fourth-order valence-electron chi connectivity index (χ4n) is 2.51. The number of hydrogen-bond acceptors (Lipinski definition) is 5. The summed E-state index contributed by atoms with van der Waals surface area (Å²) in [6, 6.07) is 3.59. The fraction of sp³-hybridized carbons (Fsp3) is 0.615. The van der Waals surface area contributed by atoms with Crippen LogP contribution in [0.3, 0.4) is 0 Å². The molecule has 0 aromatic carbocycles. The van der Waals surface area contributed by atoms with Crippen molar-refractivity contribution in [2.45, 2.75) is 37.6 Å². The Morgan fingerprint density at radius 2 is 2.11 bits per heavy atom. The molecule has 4 N–H and O–H groups in total. The van der Waals surface area contributed by atoms with Crippen LogP contribution in [-0.4, -0.2) is 29.3 Å². The van der Waals surface area contributed by atoms with Crippen LogP contribution in [0.4, 0.5) is 11.5 Å². The van der Waals surface area contributed by atoms with Crippen molar-refractivity contribution < 1.29 is 9.84 Å². The van der Waals surface area contributed by atoms with E-state index in [4.69, 9.17) is 10.5 Å². The largest absolute Gasteiger partial charge is 0.479 e. The second-order valence-electron chi connectivity index (χ2n) is 4.92. The van der Waals surface area contributed by atoms with Crippen LogP contribution < -0.4 is 15.8 Å². The van der Waals surface area contributed by atoms with Crippen LogP contribution in [0.15, 0.2) is 12.1 Å². The van der Waals surface area contributed by atoms with Crippen molar-refractivity contribution in [3.05, 3.63) is 12.1 Å². The van der Waals surface area contributed by atoms with Gasteiger partial charge < -0.3 is 20.9 Å². The minimum absolute atomic E-state index is 0.126. The first kappa shape index (κ1) is 13.0. The Morgan fingerprint density at radius 3 is 2.72 bits per heavy atom. The van der Waals surface area contributed by atoms with E-state index in [-0.39, 0.29) is 12.1 Å². The zero-order valence-electron chi connectivity index (χ0n) is 10.8. The van der Waals surface area contributed by atoms with Gasteiger partial charge in [-0.1, -0.05) is 19.3 Å². The van der Waals surface area contributed by atoms with Crippen LogP contribution in [0, 0.1) is 0 Å². The maximum atomic E-state index is 9.64. The van der Waals surface area contributed by atoms with Crippen molar-refractivity contribution >= 4 is 11.5 Å². The van der Waals surface area contributed by atoms with Crippen molar-refractivity contribution in [3.8, 4) is 5.88 Å². The average Bonchev–Trinajstić information content (AvgIpc) is 2.42. The quantitative estimate of drug-likeness (QED) is 0.760. The third-order valence-electron chi connectivity index (χ3n) is 3.59. The summed E-state index contributed by atoms with van der Waals surface area (Å²) in [5.74, 6) is 1.13. The summed E-state index contributed by atoms with van der Waals surface area (Å²) in [7, 11) is 1.55. The topological polar surface area (TPSA) is 80.4 Å². The van der Waals surface area contributed by atoms with Crippen molar-refractivity contribution in [1.29, 1.82) is 0 Å². The van der Waals surface area contributed by atoms with Crippen molar-refractivity contribution in [3.63, 3.8) is 0 Å². The molecule has 0 bridgehead atoms. The number of hydrogen-bond donors (Lipinski definition) is 3. The summed E-state index contributed by atoms with van der Waals surface area (Å²) in [4.78, 5) is 4.31. The molecular formula is C13H21N3O2. The molecule has 1 aromatic rings. The number of methoxy groups -OCH3 is 1. The predicted octanol–water partition coefficient (Wildman–Crippen LogP) is 1.78. The monoisotopic (exact) mass is 251 g/mol. The molecule has 1 aromatic heterocycles. The number of aliphatic hydroxyl groups excluding tert-OH is 1. The molecule has 5 heteroatoms. The van der Waals surface area contributed by atoms with Crippen LogP contribution in [0.25, 0.3) is 0 Å². The van der Waals surface area contributed by atoms with Crippen LogP contribution >= 0.6 is 0 Å². The first-order valence-corrected chi connectivity index (χ1v) is 6.39. The molecular weight excluding hydrogens is 230 g/mol. The third kappa shape index (κ3) is 2.67. The second-order valence-corrected chi connectivity index (χ2v) is 4.92. The maximum Gasteiger partial charge on any atom is 0.238 e. The highest BCUT2D eigenvalue weighted by atomic mass is 16.5. The lowest BCUT2D eigenvalue weighted by Gasteiger charge is -2.37. The molecule has 1 saturated carbocycles. The second kappa shape index (κ2) is 5.44. The molecule has 18 heavy (non-hydrogen) atoms. The molecule has 2 rings (SSSR count). The summed E-state index contributed by atoms with van der Waals surface area (Å²) in [6.45, 7) is 0.126. The lowest BCUT2D eigenvalue weighted by atomic mass is 9.82. The standard InChI is InChI=1S/C13H21N3O2/c1-18-12-10(14)5-6-11(15-12)16-13(9-17)7-3-2-4-8-13/h5-6,17H,2-4,7-9,14H2,1H3,(H,15,16). The number of ether oxygens (including phenoxy) is 1. The smallest absolute Gasteiger partial charge is 0.238 e. The van der Waals surface area contributed by atoms with E-state index in [1.165, 1.54) is 6.42 Å². The highest BCUT2D eigenvalue weighted by Crippen LogP contribution is 2.32. The normalized spacial score (nSPS) is 18.3. The molecule has 100 valence electrons. The Labute approximate surface area is 107 Å². The van der Waals surface area contributed by atoms with E-state index in [9.17, 15) is 5.11 Å². The summed E-state index contributed by atoms with van der Waals surface area (Å²) < 4.78 is 5.10. The van der Waals surface area contributed by atoms with Gasteiger partial charge in [-0.2, -0.15) is 4.98 Å². The Morgan fingerprint density at radius 1 is 1.39 bits per heavy atom. The molecule has 0 aliphatic heterocycles. The number of nitrogens with zero attached hydrogens (tertiary/aromatic N) is 1. The Hall–Kier alpha value is -1.49. The lowest BCUT2D eigenvalue weighted by Crippen LogP contribution is -2.44. The first-order chi connectivity index (χ1) is 8.69. The molecule has 1 aliphatic rings. The van der Waals surface area contributed by atoms with E-state index in [0.29, 0.717) is 17.4 Å². The minimum Gasteiger partial charge on any atom is -0.479 e. The molecule has 5 nitrogen and oxygen atoms in total. The highest BCUT2D eigenvalue weighted by Gasteiger charge is 2.31. The van der Waals surface area contributed by atoms with E-state index < -0.39 is 0 Å². The molecule has 0 unspecified atom stereocenters. The van der Waals surface area contributed by atoms with Gasteiger partial charge in [-0.15, -0.1) is 0 Å². The lowest BCUT2D eigenvalue weighted by molar-refractivity contribution is 0.172. The molecule has 0 radical (unpaired) electrons. The SMILES string of the molecule is COc1nc(NC2(CO)CCCCC2)ccc1N. The number of aliphatic hydroxyl groups is 1. The number of nitrogens with two attached hydrogens (primary N) is 1. The fourth-order valence-corrected chi connectivity index (χ4v) is 2.51. The third-order valence-corrected chi connectivity index (χ3v) is 3.59. The average molecular weight is 251 g/mol. The number of nitrogen functional groups attached to an aromatic ring is 1. The van der Waals surface area contributed by atoms with Crippen LogP contribution in [0.2, 0.25) is 0 Å². The molecule has 1 heterocycles. The predicted molar refractivity (Wildman–Crippen MR) is 71.7 cm³/mol. The van der Waals surface area contributed by atoms with E-state index in [0.717, 1.165) is 25.7 Å². The Bertz CT molecular complexity index is 403. The van der Waals surface area contributed by atoms with E-state index >= 15 is 0 Å². The van der Waals surface area contributed by atoms with Gasteiger partial charge in [0.15, 0.2) is 0 Å². The maximum absolute atomic E-state index is 9.64. The van der Waals surface area contributed by atoms with E-state index in [2.05, 4.69) is 10.3 Å². The van der Waals surface area contributed by atoms with E-state index in [1.807, 2.05) is 6.07 Å². The van der Waals surface area contributed by atoms with Crippen molar-refractivity contribution in [2.24, 2.45) is 0 Å². The van der Waals surface area contributed by atoms with Gasteiger partial charge in [0.1, 0.15) is 5.82 Å². The molecule has 1 fully saturated rings. The van der Waals surface area contributed by atoms with Crippen molar-refractivity contribution in [2.75, 3.05) is 24.8 Å². The van der Waals surface area contributed by atoms with Crippen LogP contribution in [0.1, 0.15) is 32.1 Å². The van der Waals surface area contributed by atoms with Gasteiger partial charge in [0.25, 0.3) is 0 Å². The number of rotatable bonds is 4. The summed E-state index contributed by atoms with van der Waals surface area (Å²) >= 11 is 0. The van der Waals surface area contributed by atoms with Crippen LogP contribution in [-0.2, 0) is 0 Å². The molecule has 0 amide bonds. The van der Waals surface area contributed by atoms with Gasteiger partial charge in [0.05, 0.1) is 24.9 Å². The van der Waals surface area contributed by atoms with Gasteiger partial charge in [-0.3, -0.25) is 0 Å². The molecule has 1 aliphatic carbocycles. The summed E-state index contributed by atoms with van der Waals surface area (Å²) in [5.41, 5.74) is 6.01. The van der Waals surface area contributed by atoms with E-state index in [1.54, 1.807) is 13.2 Å². The number of aromatic nitrogens is 1. The Kier molecular flexibility index (Phi) is 3.91. The number of nitrogens with one attached hydrogen (secondary N) is 1. The van der Waals surface area contributed by atoms with Gasteiger partial charge in [-0.25, -0.2) is 0 Å². The summed E-state index contributed by atoms with van der Waals surface area (Å²) in [5, 5.41) is 13.0. The number of anilines is 2. The minimum atomic E-state index is -0.244. The zero-order valence-corrected chi connectivity index (χ0v) is 10.8. The first-order valence-electron chi connectivity index (χ1n) is 6.39. The highest BCUT2D eigenvalue weighted by molar-refractivity contribution is 5.54. The molecule has 0 spiro atoms. The Balaban J connectivity index is 2.16. The van der Waals surface area contributed by atoms with Gasteiger partial charge in [0, 0.05) is 0 Å². The van der Waals surface area contributed by atoms with Gasteiger partial charge in [-0.05, 0) is 25.0 Å². The molecule has 0 atom stereocenters. The van der Waals surface area contributed by atoms with Crippen LogP contribution in [0.5, 0.6) is 5.88 Å². The van der Waals surface area contributed by atoms with Gasteiger partial charge >= 0.3 is 0 Å². The van der Waals surface area contributed by atoms with Crippen molar-refractivity contribution in [1.82, 2.24) is 4.98 Å². The van der Waals surface area contributed by atoms with Gasteiger partial charge in [0.2, 0.25) is 5.88 Å². The summed E-state index contributed by atoms with van der Waals surface area (Å²) in [6.07, 6.45) is 5.46. The number of pyridine rings is 1.